The molecule has 0 aliphatic rings. The average Bonchev–Trinajstić information content (AvgIpc) is 2.66. The lowest BCUT2D eigenvalue weighted by Crippen LogP contribution is -2.33. The molecule has 1 aromatic heterocycles. The summed E-state index contributed by atoms with van der Waals surface area (Å²) >= 11 is 0. The van der Waals surface area contributed by atoms with Crippen molar-refractivity contribution in [3.05, 3.63) is 24.0 Å². The Labute approximate surface area is 102 Å². The van der Waals surface area contributed by atoms with Gasteiger partial charge in [0.15, 0.2) is 5.69 Å². The van der Waals surface area contributed by atoms with Crippen molar-refractivity contribution >= 4 is 11.6 Å². The van der Waals surface area contributed by atoms with E-state index < -0.39 is 0 Å². The van der Waals surface area contributed by atoms with Gasteiger partial charge in [0.05, 0.1) is 5.69 Å². The summed E-state index contributed by atoms with van der Waals surface area (Å²) in [7, 11) is 0. The van der Waals surface area contributed by atoms with Gasteiger partial charge in [-0.1, -0.05) is 12.2 Å². The summed E-state index contributed by atoms with van der Waals surface area (Å²) in [6.07, 6.45) is 1.68. The Morgan fingerprint density at radius 1 is 1.59 bits per heavy atom. The van der Waals surface area contributed by atoms with Crippen LogP contribution in [0.4, 0.5) is 5.69 Å². The molecule has 1 aromatic rings. The van der Waals surface area contributed by atoms with Gasteiger partial charge in [0, 0.05) is 25.8 Å². The number of hydrogen-bond acceptors (Lipinski definition) is 3. The molecule has 5 nitrogen and oxygen atoms in total. The Morgan fingerprint density at radius 2 is 2.24 bits per heavy atom. The zero-order chi connectivity index (χ0) is 13.0. The lowest BCUT2D eigenvalue weighted by Gasteiger charge is -2.19. The van der Waals surface area contributed by atoms with Crippen molar-refractivity contribution in [2.24, 2.45) is 0 Å². The molecule has 5 heteroatoms. The van der Waals surface area contributed by atoms with E-state index in [1.807, 2.05) is 20.8 Å². The number of hydrogen-bond donors (Lipinski definition) is 1. The summed E-state index contributed by atoms with van der Waals surface area (Å²) in [5.74, 6) is -0.139. The molecule has 0 radical (unpaired) electrons. The van der Waals surface area contributed by atoms with Crippen LogP contribution in [-0.2, 0) is 6.54 Å². The lowest BCUT2D eigenvalue weighted by atomic mass is 10.2. The maximum absolute atomic E-state index is 12.2. The number of amides is 1. The zero-order valence-corrected chi connectivity index (χ0v) is 10.7. The Morgan fingerprint density at radius 3 is 2.65 bits per heavy atom. The van der Waals surface area contributed by atoms with E-state index in [1.165, 1.54) is 0 Å². The monoisotopic (exact) mass is 236 g/mol. The first-order valence-corrected chi connectivity index (χ1v) is 5.76. The molecule has 0 saturated heterocycles. The minimum atomic E-state index is -0.139. The summed E-state index contributed by atoms with van der Waals surface area (Å²) in [5, 5.41) is 4.18. The van der Waals surface area contributed by atoms with Crippen molar-refractivity contribution in [2.45, 2.75) is 27.3 Å². The standard InChI is InChI=1S/C12H20N4O/c1-5-15(7-9(3)4)12(17)11-10(13)8-16(6-2)14-11/h8H,3,5-7,13H2,1-2,4H3. The first-order chi connectivity index (χ1) is 7.99. The van der Waals surface area contributed by atoms with Crippen LogP contribution in [-0.4, -0.2) is 33.7 Å². The van der Waals surface area contributed by atoms with E-state index in [9.17, 15) is 4.79 Å². The normalized spacial score (nSPS) is 10.3. The second kappa shape index (κ2) is 5.52. The number of nitrogens with two attached hydrogens (primary N) is 1. The quantitative estimate of drug-likeness (QED) is 0.788. The highest BCUT2D eigenvalue weighted by Gasteiger charge is 2.20. The molecule has 0 aromatic carbocycles. The molecule has 1 rings (SSSR count). The van der Waals surface area contributed by atoms with Gasteiger partial charge in [0.25, 0.3) is 5.91 Å². The number of likely N-dealkylation sites (N-methyl/N-ethyl adjacent to an activating group) is 1. The number of nitrogens with zero attached hydrogens (tertiary/aromatic N) is 3. The second-order valence-corrected chi connectivity index (χ2v) is 4.07. The first-order valence-electron chi connectivity index (χ1n) is 5.76. The van der Waals surface area contributed by atoms with Gasteiger partial charge < -0.3 is 10.6 Å². The molecule has 94 valence electrons. The summed E-state index contributed by atoms with van der Waals surface area (Å²) in [4.78, 5) is 13.9. The lowest BCUT2D eigenvalue weighted by molar-refractivity contribution is 0.0772. The highest BCUT2D eigenvalue weighted by molar-refractivity contribution is 5.97. The van der Waals surface area contributed by atoms with Gasteiger partial charge in [-0.3, -0.25) is 9.48 Å². The predicted octanol–water partition coefficient (Wildman–Crippen LogP) is 1.52. The summed E-state index contributed by atoms with van der Waals surface area (Å²) in [6, 6.07) is 0. The van der Waals surface area contributed by atoms with Crippen molar-refractivity contribution in [3.63, 3.8) is 0 Å². The van der Waals surface area contributed by atoms with Crippen LogP contribution in [0.3, 0.4) is 0 Å². The smallest absolute Gasteiger partial charge is 0.276 e. The van der Waals surface area contributed by atoms with Crippen LogP contribution < -0.4 is 5.73 Å². The highest BCUT2D eigenvalue weighted by atomic mass is 16.2. The van der Waals surface area contributed by atoms with E-state index in [4.69, 9.17) is 5.73 Å². The van der Waals surface area contributed by atoms with Crippen LogP contribution in [0.1, 0.15) is 31.3 Å². The molecule has 0 aliphatic heterocycles. The van der Waals surface area contributed by atoms with Gasteiger partial charge in [0.1, 0.15) is 0 Å². The van der Waals surface area contributed by atoms with Crippen LogP contribution in [0.15, 0.2) is 18.3 Å². The largest absolute Gasteiger partial charge is 0.396 e. The summed E-state index contributed by atoms with van der Waals surface area (Å²) in [6.45, 7) is 11.4. The molecule has 0 bridgehead atoms. The minimum absolute atomic E-state index is 0.139. The van der Waals surface area contributed by atoms with E-state index in [-0.39, 0.29) is 5.91 Å². The fourth-order valence-electron chi connectivity index (χ4n) is 1.57. The van der Waals surface area contributed by atoms with Gasteiger partial charge >= 0.3 is 0 Å². The molecule has 0 fully saturated rings. The third kappa shape index (κ3) is 3.09. The number of carbonyl (C=O) groups is 1. The van der Waals surface area contributed by atoms with Gasteiger partial charge in [-0.05, 0) is 20.8 Å². The van der Waals surface area contributed by atoms with Crippen LogP contribution in [0.25, 0.3) is 0 Å². The van der Waals surface area contributed by atoms with E-state index >= 15 is 0 Å². The number of anilines is 1. The highest BCUT2D eigenvalue weighted by Crippen LogP contribution is 2.12. The van der Waals surface area contributed by atoms with Crippen LogP contribution in [0.5, 0.6) is 0 Å². The molecule has 0 atom stereocenters. The topological polar surface area (TPSA) is 64.2 Å². The molecule has 1 amide bonds. The molecule has 0 spiro atoms. The van der Waals surface area contributed by atoms with E-state index in [0.29, 0.717) is 31.0 Å². The molecule has 0 unspecified atom stereocenters. The van der Waals surface area contributed by atoms with Crippen molar-refractivity contribution < 1.29 is 4.79 Å². The van der Waals surface area contributed by atoms with Crippen molar-refractivity contribution in [1.29, 1.82) is 0 Å². The minimum Gasteiger partial charge on any atom is -0.396 e. The summed E-state index contributed by atoms with van der Waals surface area (Å²) in [5.41, 5.74) is 7.48. The van der Waals surface area contributed by atoms with Crippen LogP contribution in [0.2, 0.25) is 0 Å². The molecule has 0 saturated carbocycles. The van der Waals surface area contributed by atoms with E-state index in [0.717, 1.165) is 5.57 Å². The van der Waals surface area contributed by atoms with Gasteiger partial charge in [-0.15, -0.1) is 0 Å². The maximum Gasteiger partial charge on any atom is 0.276 e. The first kappa shape index (κ1) is 13.3. The van der Waals surface area contributed by atoms with Crippen LogP contribution >= 0.6 is 0 Å². The van der Waals surface area contributed by atoms with E-state index in [1.54, 1.807) is 15.8 Å². The molecule has 0 aliphatic carbocycles. The van der Waals surface area contributed by atoms with Crippen LogP contribution in [0, 0.1) is 0 Å². The Balaban J connectivity index is 2.93. The summed E-state index contributed by atoms with van der Waals surface area (Å²) < 4.78 is 1.66. The van der Waals surface area contributed by atoms with E-state index in [2.05, 4.69) is 11.7 Å². The number of aromatic nitrogens is 2. The Kier molecular flexibility index (Phi) is 4.31. The van der Waals surface area contributed by atoms with Gasteiger partial charge in [0.2, 0.25) is 0 Å². The number of aryl methyl sites for hydroxylation is 1. The molecular weight excluding hydrogens is 216 g/mol. The molecule has 1 heterocycles. The van der Waals surface area contributed by atoms with Gasteiger partial charge in [-0.2, -0.15) is 5.10 Å². The van der Waals surface area contributed by atoms with Crippen molar-refractivity contribution in [1.82, 2.24) is 14.7 Å². The molecule has 2 N–H and O–H groups in total. The van der Waals surface area contributed by atoms with Gasteiger partial charge in [-0.25, -0.2) is 0 Å². The fraction of sp³-hybridized carbons (Fsp3) is 0.500. The Bertz CT molecular complexity index is 422. The maximum atomic E-state index is 12.2. The number of rotatable bonds is 5. The number of nitrogen functional groups attached to an aromatic ring is 1. The third-order valence-electron chi connectivity index (χ3n) is 2.45. The SMILES string of the molecule is C=C(C)CN(CC)C(=O)c1nn(CC)cc1N. The molecular formula is C12H20N4O. The number of carbonyl (C=O) groups excluding carboxylic acids is 1. The second-order valence-electron chi connectivity index (χ2n) is 4.07. The van der Waals surface area contributed by atoms with Crippen molar-refractivity contribution in [3.8, 4) is 0 Å². The molecule has 17 heavy (non-hydrogen) atoms. The Hall–Kier alpha value is -1.78. The average molecular weight is 236 g/mol. The predicted molar refractivity (Wildman–Crippen MR) is 68.7 cm³/mol. The van der Waals surface area contributed by atoms with Crippen molar-refractivity contribution in [2.75, 3.05) is 18.8 Å². The fourth-order valence-corrected chi connectivity index (χ4v) is 1.57. The third-order valence-corrected chi connectivity index (χ3v) is 2.45. The zero-order valence-electron chi connectivity index (χ0n) is 10.7.